The Morgan fingerprint density at radius 2 is 1.85 bits per heavy atom. The Labute approximate surface area is 158 Å². The zero-order valence-electron chi connectivity index (χ0n) is 14.1. The molecule has 0 aliphatic carbocycles. The first-order valence-electron chi connectivity index (χ1n) is 8.47. The molecule has 0 atom stereocenters. The number of anilines is 1. The van der Waals surface area contributed by atoms with Gasteiger partial charge in [0.2, 0.25) is 0 Å². The summed E-state index contributed by atoms with van der Waals surface area (Å²) in [5.41, 5.74) is 3.96. The van der Waals surface area contributed by atoms with E-state index in [0.717, 1.165) is 32.7 Å². The van der Waals surface area contributed by atoms with E-state index in [9.17, 15) is 4.79 Å². The summed E-state index contributed by atoms with van der Waals surface area (Å²) in [5, 5.41) is 5.84. The van der Waals surface area contributed by atoms with Crippen molar-refractivity contribution in [2.45, 2.75) is 0 Å². The fourth-order valence-corrected chi connectivity index (χ4v) is 3.99. The fourth-order valence-electron chi connectivity index (χ4n) is 3.05. The first kappa shape index (κ1) is 15.7. The minimum absolute atomic E-state index is 0.104. The lowest BCUT2D eigenvalue weighted by molar-refractivity contribution is 0.102. The van der Waals surface area contributed by atoms with Gasteiger partial charge in [0.05, 0.1) is 11.1 Å². The van der Waals surface area contributed by atoms with Gasteiger partial charge in [-0.25, -0.2) is 9.97 Å². The minimum Gasteiger partial charge on any atom is -0.337 e. The van der Waals surface area contributed by atoms with Crippen LogP contribution in [0.1, 0.15) is 10.4 Å². The van der Waals surface area contributed by atoms with E-state index in [1.807, 2.05) is 66.0 Å². The Morgan fingerprint density at radius 1 is 1.00 bits per heavy atom. The van der Waals surface area contributed by atoms with Crippen LogP contribution in [0.25, 0.3) is 32.6 Å². The number of amides is 1. The quantitative estimate of drug-likeness (QED) is 0.465. The normalized spacial score (nSPS) is 11.1. The van der Waals surface area contributed by atoms with Crippen LogP contribution in [0.4, 0.5) is 5.69 Å². The van der Waals surface area contributed by atoms with Crippen LogP contribution in [-0.2, 0) is 0 Å². The van der Waals surface area contributed by atoms with Crippen molar-refractivity contribution >= 4 is 44.2 Å². The Bertz CT molecular complexity index is 1240. The number of aromatic nitrogens is 3. The number of aromatic amines is 1. The third-order valence-electron chi connectivity index (χ3n) is 4.40. The molecular weight excluding hydrogens is 356 g/mol. The Balaban J connectivity index is 1.39. The van der Waals surface area contributed by atoms with Crippen LogP contribution < -0.4 is 5.32 Å². The lowest BCUT2D eigenvalue weighted by atomic mass is 10.1. The molecule has 0 unspecified atom stereocenters. The third-order valence-corrected chi connectivity index (χ3v) is 5.36. The maximum absolute atomic E-state index is 12.6. The third kappa shape index (κ3) is 2.86. The SMILES string of the molecule is O=C(Nc1ccc(-c2nc3ncccc3[nH]2)cc1)c1csc2ccccc12. The van der Waals surface area contributed by atoms with Gasteiger partial charge in [0, 0.05) is 32.9 Å². The van der Waals surface area contributed by atoms with Crippen molar-refractivity contribution in [1.29, 1.82) is 0 Å². The van der Waals surface area contributed by atoms with Gasteiger partial charge in [0.1, 0.15) is 5.82 Å². The van der Waals surface area contributed by atoms with Gasteiger partial charge in [-0.1, -0.05) is 18.2 Å². The van der Waals surface area contributed by atoms with Gasteiger partial charge in [0.15, 0.2) is 5.65 Å². The van der Waals surface area contributed by atoms with Crippen LogP contribution in [0.15, 0.2) is 72.2 Å². The number of nitrogens with one attached hydrogen (secondary N) is 2. The van der Waals surface area contributed by atoms with E-state index in [1.165, 1.54) is 0 Å². The molecule has 5 rings (SSSR count). The van der Waals surface area contributed by atoms with Crippen LogP contribution in [-0.4, -0.2) is 20.9 Å². The van der Waals surface area contributed by atoms with Gasteiger partial charge in [-0.15, -0.1) is 11.3 Å². The second-order valence-electron chi connectivity index (χ2n) is 6.14. The molecule has 0 spiro atoms. The molecule has 6 heteroatoms. The van der Waals surface area contributed by atoms with Crippen LogP contribution in [0.5, 0.6) is 0 Å². The number of rotatable bonds is 3. The molecule has 0 bridgehead atoms. The summed E-state index contributed by atoms with van der Waals surface area (Å²) in [4.78, 5) is 24.6. The molecule has 3 heterocycles. The molecule has 0 fully saturated rings. The summed E-state index contributed by atoms with van der Waals surface area (Å²) in [5.74, 6) is 0.651. The largest absolute Gasteiger partial charge is 0.337 e. The molecule has 0 saturated carbocycles. The summed E-state index contributed by atoms with van der Waals surface area (Å²) in [6.45, 7) is 0. The topological polar surface area (TPSA) is 70.7 Å². The van der Waals surface area contributed by atoms with E-state index in [0.29, 0.717) is 11.2 Å². The van der Waals surface area contributed by atoms with Gasteiger partial charge in [-0.2, -0.15) is 0 Å². The first-order valence-corrected chi connectivity index (χ1v) is 9.35. The average Bonchev–Trinajstić information content (AvgIpc) is 3.33. The van der Waals surface area contributed by atoms with Crippen molar-refractivity contribution in [1.82, 2.24) is 15.0 Å². The summed E-state index contributed by atoms with van der Waals surface area (Å²) >= 11 is 1.58. The molecule has 130 valence electrons. The van der Waals surface area contributed by atoms with E-state index < -0.39 is 0 Å². The number of H-pyrrole nitrogens is 1. The van der Waals surface area contributed by atoms with E-state index in [2.05, 4.69) is 20.3 Å². The lowest BCUT2D eigenvalue weighted by Crippen LogP contribution is -2.11. The number of hydrogen-bond acceptors (Lipinski definition) is 4. The summed E-state index contributed by atoms with van der Waals surface area (Å²) in [6.07, 6.45) is 1.72. The molecular formula is C21H14N4OS. The molecule has 0 aliphatic rings. The van der Waals surface area contributed by atoms with Crippen LogP contribution in [0, 0.1) is 0 Å². The van der Waals surface area contributed by atoms with E-state index >= 15 is 0 Å². The number of carbonyl (C=O) groups is 1. The van der Waals surface area contributed by atoms with Crippen molar-refractivity contribution in [3.05, 3.63) is 77.8 Å². The van der Waals surface area contributed by atoms with Gasteiger partial charge in [-0.3, -0.25) is 4.79 Å². The monoisotopic (exact) mass is 370 g/mol. The van der Waals surface area contributed by atoms with Gasteiger partial charge >= 0.3 is 0 Å². The maximum atomic E-state index is 12.6. The molecule has 0 radical (unpaired) electrons. The minimum atomic E-state index is -0.104. The van der Waals surface area contributed by atoms with Crippen LogP contribution >= 0.6 is 11.3 Å². The average molecular weight is 370 g/mol. The highest BCUT2D eigenvalue weighted by atomic mass is 32.1. The summed E-state index contributed by atoms with van der Waals surface area (Å²) < 4.78 is 1.11. The zero-order valence-corrected chi connectivity index (χ0v) is 15.0. The van der Waals surface area contributed by atoms with E-state index in [-0.39, 0.29) is 5.91 Å². The van der Waals surface area contributed by atoms with Crippen molar-refractivity contribution in [3.63, 3.8) is 0 Å². The van der Waals surface area contributed by atoms with Gasteiger partial charge in [0.25, 0.3) is 5.91 Å². The molecule has 27 heavy (non-hydrogen) atoms. The number of thiophene rings is 1. The first-order chi connectivity index (χ1) is 13.3. The molecule has 5 aromatic rings. The second-order valence-corrected chi connectivity index (χ2v) is 7.05. The maximum Gasteiger partial charge on any atom is 0.257 e. The predicted molar refractivity (Wildman–Crippen MR) is 109 cm³/mol. The Morgan fingerprint density at radius 3 is 2.70 bits per heavy atom. The van der Waals surface area contributed by atoms with E-state index in [1.54, 1.807) is 17.5 Å². The summed E-state index contributed by atoms with van der Waals surface area (Å²) in [7, 11) is 0. The Kier molecular flexibility index (Phi) is 3.69. The highest BCUT2D eigenvalue weighted by Crippen LogP contribution is 2.27. The van der Waals surface area contributed by atoms with Crippen LogP contribution in [0.2, 0.25) is 0 Å². The molecule has 0 aliphatic heterocycles. The smallest absolute Gasteiger partial charge is 0.257 e. The number of nitrogens with zero attached hydrogens (tertiary/aromatic N) is 2. The second kappa shape index (κ2) is 6.34. The van der Waals surface area contributed by atoms with Crippen LogP contribution in [0.3, 0.4) is 0 Å². The predicted octanol–water partition coefficient (Wildman–Crippen LogP) is 5.09. The highest BCUT2D eigenvalue weighted by Gasteiger charge is 2.12. The number of hydrogen-bond donors (Lipinski definition) is 2. The van der Waals surface area contributed by atoms with Crippen molar-refractivity contribution in [3.8, 4) is 11.4 Å². The number of fused-ring (bicyclic) bond motifs is 2. The number of imidazole rings is 1. The number of carbonyl (C=O) groups excluding carboxylic acids is 1. The number of pyridine rings is 1. The molecule has 2 N–H and O–H groups in total. The van der Waals surface area contributed by atoms with Crippen molar-refractivity contribution in [2.24, 2.45) is 0 Å². The fraction of sp³-hybridized carbons (Fsp3) is 0. The Hall–Kier alpha value is -3.51. The zero-order chi connectivity index (χ0) is 18.2. The van der Waals surface area contributed by atoms with Crippen molar-refractivity contribution in [2.75, 3.05) is 5.32 Å². The van der Waals surface area contributed by atoms with Crippen molar-refractivity contribution < 1.29 is 4.79 Å². The summed E-state index contributed by atoms with van der Waals surface area (Å²) in [6, 6.07) is 19.3. The number of benzene rings is 2. The standard InChI is InChI=1S/C21H14N4OS/c26-21(16-12-27-18-6-2-1-4-15(16)18)23-14-9-7-13(8-10-14)19-24-17-5-3-11-22-20(17)25-19/h1-12H,(H,23,26)(H,22,24,25). The molecule has 1 amide bonds. The van der Waals surface area contributed by atoms with Gasteiger partial charge in [-0.05, 0) is 42.5 Å². The molecule has 2 aromatic carbocycles. The molecule has 3 aromatic heterocycles. The highest BCUT2D eigenvalue weighted by molar-refractivity contribution is 7.17. The molecule has 5 nitrogen and oxygen atoms in total. The van der Waals surface area contributed by atoms with Gasteiger partial charge < -0.3 is 10.3 Å². The lowest BCUT2D eigenvalue weighted by Gasteiger charge is -2.05. The van der Waals surface area contributed by atoms with E-state index in [4.69, 9.17) is 0 Å². The molecule has 0 saturated heterocycles.